The normalized spacial score (nSPS) is 11.5. The van der Waals surface area contributed by atoms with Crippen LogP contribution in [-0.2, 0) is 90.1 Å². The summed E-state index contributed by atoms with van der Waals surface area (Å²) in [5.74, 6) is -0.357. The fraction of sp³-hybridized carbons (Fsp3) is 0.927. The molecule has 0 heterocycles. The molecular weight excluding hydrogens is 812 g/mol. The van der Waals surface area contributed by atoms with E-state index in [9.17, 15) is 4.79 Å². The number of allylic oxidation sites excluding steroid dienone is 1. The van der Waals surface area contributed by atoms with Gasteiger partial charge in [-0.2, -0.15) is 0 Å². The molecule has 0 unspecified atom stereocenters. The predicted octanol–water partition coefficient (Wildman–Crippen LogP) is 0.770. The van der Waals surface area contributed by atoms with Gasteiger partial charge in [0.1, 0.15) is 6.61 Å². The van der Waals surface area contributed by atoms with Crippen LogP contribution in [0.2, 0.25) is 0 Å². The lowest BCUT2D eigenvalue weighted by atomic mass is 10.3. The summed E-state index contributed by atoms with van der Waals surface area (Å²) in [6.07, 6.45) is 1.44. The van der Waals surface area contributed by atoms with Gasteiger partial charge in [0.05, 0.1) is 231 Å². The van der Waals surface area contributed by atoms with Crippen molar-refractivity contribution in [2.24, 2.45) is 0 Å². The highest BCUT2D eigenvalue weighted by Gasteiger charge is 2.00. The number of ether oxygens (including phenoxy) is 18. The summed E-state index contributed by atoms with van der Waals surface area (Å²) in [6, 6.07) is 0. The van der Waals surface area contributed by atoms with Crippen LogP contribution < -0.4 is 0 Å². The largest absolute Gasteiger partial charge is 0.460 e. The molecule has 20 nitrogen and oxygen atoms in total. The maximum absolute atomic E-state index is 11.3. The molecule has 0 fully saturated rings. The van der Waals surface area contributed by atoms with Gasteiger partial charge < -0.3 is 90.4 Å². The van der Waals surface area contributed by atoms with Crippen LogP contribution in [0.25, 0.3) is 0 Å². The number of aliphatic hydroxyl groups is 1. The molecule has 0 amide bonds. The molecule has 0 aliphatic carbocycles. The van der Waals surface area contributed by atoms with E-state index >= 15 is 0 Å². The average molecular weight is 893 g/mol. The summed E-state index contributed by atoms with van der Waals surface area (Å²) in [5.41, 5.74) is 0.895. The van der Waals surface area contributed by atoms with Gasteiger partial charge in [-0.05, 0) is 13.8 Å². The third-order valence-electron chi connectivity index (χ3n) is 7.07. The monoisotopic (exact) mass is 893 g/mol. The van der Waals surface area contributed by atoms with E-state index in [1.54, 1.807) is 0 Å². The summed E-state index contributed by atoms with van der Waals surface area (Å²) in [5, 5.41) is 8.60. The number of aliphatic hydroxyl groups excluding tert-OH is 1. The van der Waals surface area contributed by atoms with Gasteiger partial charge in [0.15, 0.2) is 0 Å². The number of carbonyl (C=O) groups is 1. The first-order valence-corrected chi connectivity index (χ1v) is 21.4. The lowest BCUT2D eigenvalue weighted by molar-refractivity contribution is -0.139. The average Bonchev–Trinajstić information content (AvgIpc) is 3.25. The Kier molecular flexibility index (Phi) is 53.3. The quantitative estimate of drug-likeness (QED) is 0.0509. The highest BCUT2D eigenvalue weighted by atomic mass is 16.6. The summed E-state index contributed by atoms with van der Waals surface area (Å²) < 4.78 is 97.4. The van der Waals surface area contributed by atoms with Crippen LogP contribution in [0.3, 0.4) is 0 Å². The minimum Gasteiger partial charge on any atom is -0.460 e. The second-order valence-corrected chi connectivity index (χ2v) is 12.5. The lowest BCUT2D eigenvalue weighted by Crippen LogP contribution is -2.16. The molecule has 0 aliphatic rings. The Hall–Kier alpha value is -1.51. The molecule has 0 aromatic heterocycles. The lowest BCUT2D eigenvalue weighted by Gasteiger charge is -2.09. The number of hydrogen-bond donors (Lipinski definition) is 1. The van der Waals surface area contributed by atoms with Gasteiger partial charge in [0.2, 0.25) is 0 Å². The van der Waals surface area contributed by atoms with Crippen molar-refractivity contribution in [3.8, 4) is 0 Å². The fourth-order valence-electron chi connectivity index (χ4n) is 4.16. The van der Waals surface area contributed by atoms with Crippen LogP contribution in [0, 0.1) is 0 Å². The molecule has 0 saturated carbocycles. The first-order chi connectivity index (χ1) is 30.2. The molecule has 0 saturated heterocycles. The van der Waals surface area contributed by atoms with E-state index in [1.807, 2.05) is 13.8 Å². The molecule has 0 radical (unpaired) electrons. The number of carbonyl (C=O) groups excluding carboxylic acids is 1. The van der Waals surface area contributed by atoms with E-state index in [0.717, 1.165) is 5.57 Å². The van der Waals surface area contributed by atoms with Crippen LogP contribution in [0.15, 0.2) is 11.6 Å². The zero-order valence-corrected chi connectivity index (χ0v) is 37.2. The zero-order valence-electron chi connectivity index (χ0n) is 37.2. The molecule has 20 heteroatoms. The minimum atomic E-state index is -0.357. The summed E-state index contributed by atoms with van der Waals surface area (Å²) in [6.45, 7) is 20.0. The van der Waals surface area contributed by atoms with Crippen molar-refractivity contribution in [3.63, 3.8) is 0 Å². The van der Waals surface area contributed by atoms with Crippen molar-refractivity contribution in [2.45, 2.75) is 13.8 Å². The molecule has 0 atom stereocenters. The Bertz CT molecular complexity index is 870. The van der Waals surface area contributed by atoms with Gasteiger partial charge in [0.25, 0.3) is 0 Å². The van der Waals surface area contributed by atoms with Crippen molar-refractivity contribution in [2.75, 3.05) is 238 Å². The zero-order chi connectivity index (χ0) is 44.0. The van der Waals surface area contributed by atoms with E-state index in [2.05, 4.69) is 0 Å². The Morgan fingerprint density at radius 2 is 0.426 bits per heavy atom. The predicted molar refractivity (Wildman–Crippen MR) is 221 cm³/mol. The second kappa shape index (κ2) is 54.6. The first-order valence-electron chi connectivity index (χ1n) is 21.4. The molecule has 0 rings (SSSR count). The van der Waals surface area contributed by atoms with Gasteiger partial charge >= 0.3 is 5.97 Å². The van der Waals surface area contributed by atoms with E-state index in [-0.39, 0.29) is 19.2 Å². The van der Waals surface area contributed by atoms with E-state index in [0.29, 0.717) is 225 Å². The summed E-state index contributed by atoms with van der Waals surface area (Å²) in [4.78, 5) is 11.3. The van der Waals surface area contributed by atoms with Crippen molar-refractivity contribution in [3.05, 3.63) is 11.6 Å². The minimum absolute atomic E-state index is 0.0192. The van der Waals surface area contributed by atoms with E-state index < -0.39 is 0 Å². The van der Waals surface area contributed by atoms with Crippen molar-refractivity contribution >= 4 is 5.97 Å². The van der Waals surface area contributed by atoms with Crippen molar-refractivity contribution < 1.29 is 95.2 Å². The van der Waals surface area contributed by atoms with Crippen LogP contribution in [0.4, 0.5) is 0 Å². The number of rotatable bonds is 54. The smallest absolute Gasteiger partial charge is 0.330 e. The van der Waals surface area contributed by atoms with Gasteiger partial charge in [-0.1, -0.05) is 5.57 Å². The molecule has 0 bridgehead atoms. The van der Waals surface area contributed by atoms with Gasteiger partial charge in [-0.15, -0.1) is 0 Å². The molecule has 0 spiro atoms. The third kappa shape index (κ3) is 56.5. The molecule has 364 valence electrons. The van der Waals surface area contributed by atoms with Crippen LogP contribution in [-0.4, -0.2) is 249 Å². The van der Waals surface area contributed by atoms with E-state index in [4.69, 9.17) is 90.4 Å². The Labute approximate surface area is 364 Å². The maximum Gasteiger partial charge on any atom is 0.330 e. The molecule has 61 heavy (non-hydrogen) atoms. The Morgan fingerprint density at radius 1 is 0.279 bits per heavy atom. The highest BCUT2D eigenvalue weighted by Crippen LogP contribution is 1.92. The van der Waals surface area contributed by atoms with Crippen LogP contribution >= 0.6 is 0 Å². The third-order valence-corrected chi connectivity index (χ3v) is 7.07. The van der Waals surface area contributed by atoms with Crippen molar-refractivity contribution in [1.29, 1.82) is 0 Å². The molecule has 0 aromatic carbocycles. The molecule has 0 aromatic rings. The standard InChI is InChI=1S/C41H80O20/c1-40(2)39-41(43)61-38-37-60-36-35-59-34-33-58-32-31-57-30-29-56-28-27-55-26-25-54-24-23-53-22-21-52-20-19-51-18-17-50-16-15-49-14-13-48-12-11-47-10-9-46-8-7-45-6-5-44-4-3-42/h39,42H,3-38H2,1-2H3. The Morgan fingerprint density at radius 3 is 0.574 bits per heavy atom. The van der Waals surface area contributed by atoms with Crippen LogP contribution in [0.1, 0.15) is 13.8 Å². The number of hydrogen-bond acceptors (Lipinski definition) is 20. The topological polar surface area (TPSA) is 203 Å². The van der Waals surface area contributed by atoms with Gasteiger partial charge in [-0.25, -0.2) is 4.79 Å². The Balaban J connectivity index is 3.08. The molecular formula is C41H80O20. The SMILES string of the molecule is CC(C)=CC(=O)OCCOCCOCCOCCOCCOCCOCCOCCOCCOCCOCCOCCOCCOCCOCCOCCOCCOCCO. The number of esters is 1. The van der Waals surface area contributed by atoms with Crippen LogP contribution in [0.5, 0.6) is 0 Å². The summed E-state index contributed by atoms with van der Waals surface area (Å²) >= 11 is 0. The second-order valence-electron chi connectivity index (χ2n) is 12.5. The maximum atomic E-state index is 11.3. The molecule has 1 N–H and O–H groups in total. The van der Waals surface area contributed by atoms with E-state index in [1.165, 1.54) is 6.08 Å². The molecule has 0 aliphatic heterocycles. The fourth-order valence-corrected chi connectivity index (χ4v) is 4.16. The highest BCUT2D eigenvalue weighted by molar-refractivity contribution is 5.82. The van der Waals surface area contributed by atoms with Gasteiger partial charge in [0, 0.05) is 6.08 Å². The first kappa shape index (κ1) is 59.5. The summed E-state index contributed by atoms with van der Waals surface area (Å²) in [7, 11) is 0. The van der Waals surface area contributed by atoms with Crippen molar-refractivity contribution in [1.82, 2.24) is 0 Å². The van der Waals surface area contributed by atoms with Gasteiger partial charge in [-0.3, -0.25) is 0 Å².